The molecule has 0 aromatic carbocycles. The lowest BCUT2D eigenvalue weighted by Gasteiger charge is -2.16. The number of rotatable bonds is 2. The molecule has 2 rings (SSSR count). The Kier molecular flexibility index (Phi) is 1.88. The molecule has 1 saturated carbocycles. The lowest BCUT2D eigenvalue weighted by molar-refractivity contribution is -0.127. The predicted molar refractivity (Wildman–Crippen MR) is 51.1 cm³/mol. The zero-order chi connectivity index (χ0) is 9.64. The number of nitrogens with two attached hydrogens (primary N) is 1. The van der Waals surface area contributed by atoms with Crippen LogP contribution in [0.1, 0.15) is 26.7 Å². The highest BCUT2D eigenvalue weighted by Crippen LogP contribution is 2.52. The maximum absolute atomic E-state index is 11.4. The minimum atomic E-state index is 0.0781. The number of amides is 1. The molecule has 2 N–H and O–H groups in total. The minimum absolute atomic E-state index is 0.0781. The quantitative estimate of drug-likeness (QED) is 0.679. The topological polar surface area (TPSA) is 46.3 Å². The molecular weight excluding hydrogens is 164 g/mol. The summed E-state index contributed by atoms with van der Waals surface area (Å²) < 4.78 is 0. The number of likely N-dealkylation sites (tertiary alicyclic amines) is 1. The van der Waals surface area contributed by atoms with E-state index in [0.29, 0.717) is 17.8 Å². The second-order valence-corrected chi connectivity index (χ2v) is 5.15. The Morgan fingerprint density at radius 2 is 2.23 bits per heavy atom. The fourth-order valence-electron chi connectivity index (χ4n) is 2.13. The Morgan fingerprint density at radius 1 is 1.62 bits per heavy atom. The number of nitrogens with zero attached hydrogens (tertiary/aromatic N) is 1. The molecule has 1 saturated heterocycles. The summed E-state index contributed by atoms with van der Waals surface area (Å²) in [6, 6.07) is 0.0781. The number of carbonyl (C=O) groups is 1. The SMILES string of the molecule is CC1(C)CC1CN1CC(N)CC1=O. The van der Waals surface area contributed by atoms with Crippen LogP contribution in [0.2, 0.25) is 0 Å². The lowest BCUT2D eigenvalue weighted by atomic mass is 10.1. The highest BCUT2D eigenvalue weighted by Gasteiger charge is 2.47. The van der Waals surface area contributed by atoms with E-state index < -0.39 is 0 Å². The second-order valence-electron chi connectivity index (χ2n) is 5.15. The van der Waals surface area contributed by atoms with E-state index in [2.05, 4.69) is 13.8 Å². The van der Waals surface area contributed by atoms with E-state index in [1.807, 2.05) is 4.90 Å². The Hall–Kier alpha value is -0.570. The van der Waals surface area contributed by atoms with Gasteiger partial charge in [0.25, 0.3) is 0 Å². The Bertz CT molecular complexity index is 237. The molecule has 2 unspecified atom stereocenters. The van der Waals surface area contributed by atoms with Gasteiger partial charge >= 0.3 is 0 Å². The van der Waals surface area contributed by atoms with Crippen molar-refractivity contribution in [1.82, 2.24) is 4.90 Å². The van der Waals surface area contributed by atoms with Gasteiger partial charge in [-0.3, -0.25) is 4.79 Å². The number of carbonyl (C=O) groups excluding carboxylic acids is 1. The van der Waals surface area contributed by atoms with E-state index in [4.69, 9.17) is 5.73 Å². The standard InChI is InChI=1S/C10H18N2O/c1-10(2)4-7(10)5-12-6-8(11)3-9(12)13/h7-8H,3-6,11H2,1-2H3. The van der Waals surface area contributed by atoms with Gasteiger partial charge in [-0.25, -0.2) is 0 Å². The van der Waals surface area contributed by atoms with Crippen molar-refractivity contribution in [2.24, 2.45) is 17.1 Å². The molecule has 1 aliphatic carbocycles. The van der Waals surface area contributed by atoms with Crippen molar-refractivity contribution in [3.63, 3.8) is 0 Å². The van der Waals surface area contributed by atoms with Gasteiger partial charge in [0.1, 0.15) is 0 Å². The molecule has 1 aliphatic heterocycles. The van der Waals surface area contributed by atoms with E-state index >= 15 is 0 Å². The monoisotopic (exact) mass is 182 g/mol. The van der Waals surface area contributed by atoms with Gasteiger partial charge in [-0.05, 0) is 17.8 Å². The van der Waals surface area contributed by atoms with Crippen LogP contribution in [0.4, 0.5) is 0 Å². The summed E-state index contributed by atoms with van der Waals surface area (Å²) in [7, 11) is 0. The van der Waals surface area contributed by atoms with Crippen LogP contribution in [-0.4, -0.2) is 29.9 Å². The number of hydrogen-bond acceptors (Lipinski definition) is 2. The third-order valence-corrected chi connectivity index (χ3v) is 3.40. The summed E-state index contributed by atoms with van der Waals surface area (Å²) in [6.45, 7) is 6.22. The molecule has 2 atom stereocenters. The summed E-state index contributed by atoms with van der Waals surface area (Å²) in [4.78, 5) is 13.3. The molecule has 0 aromatic heterocycles. The highest BCUT2D eigenvalue weighted by atomic mass is 16.2. The van der Waals surface area contributed by atoms with E-state index in [0.717, 1.165) is 13.1 Å². The van der Waals surface area contributed by atoms with Crippen LogP contribution in [0.5, 0.6) is 0 Å². The van der Waals surface area contributed by atoms with E-state index in [1.165, 1.54) is 6.42 Å². The van der Waals surface area contributed by atoms with Crippen molar-refractivity contribution >= 4 is 5.91 Å². The van der Waals surface area contributed by atoms with Crippen molar-refractivity contribution in [1.29, 1.82) is 0 Å². The first-order chi connectivity index (χ1) is 5.99. The molecule has 74 valence electrons. The zero-order valence-corrected chi connectivity index (χ0v) is 8.42. The van der Waals surface area contributed by atoms with Crippen LogP contribution in [0, 0.1) is 11.3 Å². The molecule has 0 bridgehead atoms. The Balaban J connectivity index is 1.86. The number of hydrogen-bond donors (Lipinski definition) is 1. The average molecular weight is 182 g/mol. The Labute approximate surface area is 79.3 Å². The lowest BCUT2D eigenvalue weighted by Crippen LogP contribution is -2.30. The maximum atomic E-state index is 11.4. The third kappa shape index (κ3) is 1.70. The second kappa shape index (κ2) is 2.71. The first-order valence-electron chi connectivity index (χ1n) is 5.02. The van der Waals surface area contributed by atoms with Gasteiger partial charge in [0.05, 0.1) is 0 Å². The summed E-state index contributed by atoms with van der Waals surface area (Å²) in [6.07, 6.45) is 1.80. The van der Waals surface area contributed by atoms with Gasteiger partial charge in [-0.1, -0.05) is 13.8 Å². The van der Waals surface area contributed by atoms with Crippen molar-refractivity contribution in [2.75, 3.05) is 13.1 Å². The van der Waals surface area contributed by atoms with E-state index in [-0.39, 0.29) is 11.9 Å². The maximum Gasteiger partial charge on any atom is 0.224 e. The predicted octanol–water partition coefficient (Wildman–Crippen LogP) is 0.592. The van der Waals surface area contributed by atoms with Gasteiger partial charge in [0.15, 0.2) is 0 Å². The molecular formula is C10H18N2O. The Morgan fingerprint density at radius 3 is 2.62 bits per heavy atom. The summed E-state index contributed by atoms with van der Waals surface area (Å²) in [5.74, 6) is 0.956. The van der Waals surface area contributed by atoms with Crippen LogP contribution in [-0.2, 0) is 4.79 Å². The third-order valence-electron chi connectivity index (χ3n) is 3.40. The van der Waals surface area contributed by atoms with Gasteiger partial charge < -0.3 is 10.6 Å². The molecule has 3 nitrogen and oxygen atoms in total. The zero-order valence-electron chi connectivity index (χ0n) is 8.42. The van der Waals surface area contributed by atoms with Crippen molar-refractivity contribution in [3.8, 4) is 0 Å². The van der Waals surface area contributed by atoms with Crippen LogP contribution >= 0.6 is 0 Å². The molecule has 1 amide bonds. The van der Waals surface area contributed by atoms with Crippen molar-refractivity contribution < 1.29 is 4.79 Å². The minimum Gasteiger partial charge on any atom is -0.341 e. The summed E-state index contributed by atoms with van der Waals surface area (Å²) in [5, 5.41) is 0. The van der Waals surface area contributed by atoms with E-state index in [9.17, 15) is 4.79 Å². The van der Waals surface area contributed by atoms with Gasteiger partial charge in [0, 0.05) is 25.6 Å². The summed E-state index contributed by atoms with van der Waals surface area (Å²) >= 11 is 0. The molecule has 1 heterocycles. The first kappa shape index (κ1) is 9.00. The summed E-state index contributed by atoms with van der Waals surface area (Å²) in [5.41, 5.74) is 6.18. The smallest absolute Gasteiger partial charge is 0.224 e. The molecule has 2 aliphatic rings. The molecule has 0 spiro atoms. The molecule has 13 heavy (non-hydrogen) atoms. The van der Waals surface area contributed by atoms with Crippen molar-refractivity contribution in [3.05, 3.63) is 0 Å². The normalized spacial score (nSPS) is 36.8. The molecule has 2 fully saturated rings. The molecule has 0 radical (unpaired) electrons. The van der Waals surface area contributed by atoms with Crippen LogP contribution < -0.4 is 5.73 Å². The van der Waals surface area contributed by atoms with Gasteiger partial charge in [-0.15, -0.1) is 0 Å². The molecule has 0 aromatic rings. The van der Waals surface area contributed by atoms with Crippen LogP contribution in [0.25, 0.3) is 0 Å². The highest BCUT2D eigenvalue weighted by molar-refractivity contribution is 5.79. The van der Waals surface area contributed by atoms with Crippen LogP contribution in [0.3, 0.4) is 0 Å². The molecule has 3 heteroatoms. The fraction of sp³-hybridized carbons (Fsp3) is 0.900. The first-order valence-corrected chi connectivity index (χ1v) is 5.02. The van der Waals surface area contributed by atoms with Gasteiger partial charge in [0.2, 0.25) is 5.91 Å². The largest absolute Gasteiger partial charge is 0.341 e. The fourth-order valence-corrected chi connectivity index (χ4v) is 2.13. The average Bonchev–Trinajstić information content (AvgIpc) is 2.43. The van der Waals surface area contributed by atoms with E-state index in [1.54, 1.807) is 0 Å². The van der Waals surface area contributed by atoms with Crippen LogP contribution in [0.15, 0.2) is 0 Å². The van der Waals surface area contributed by atoms with Crippen molar-refractivity contribution in [2.45, 2.75) is 32.7 Å². The van der Waals surface area contributed by atoms with Gasteiger partial charge in [-0.2, -0.15) is 0 Å².